The number of hydrogen-bond donors (Lipinski definition) is 2. The summed E-state index contributed by atoms with van der Waals surface area (Å²) >= 11 is 0. The highest BCUT2D eigenvalue weighted by Crippen LogP contribution is 2.26. The first-order valence-electron chi connectivity index (χ1n) is 8.90. The summed E-state index contributed by atoms with van der Waals surface area (Å²) in [5.41, 5.74) is 4.09. The predicted octanol–water partition coefficient (Wildman–Crippen LogP) is 1.85. The van der Waals surface area contributed by atoms with Gasteiger partial charge < -0.3 is 9.88 Å². The van der Waals surface area contributed by atoms with Crippen LogP contribution >= 0.6 is 0 Å². The van der Waals surface area contributed by atoms with Gasteiger partial charge >= 0.3 is 0 Å². The SMILES string of the molecule is O=C(c1ccccc1-c1nn[nH]n1)N1CCc2nc(-c3cccnc3)[nH]c2C1. The van der Waals surface area contributed by atoms with E-state index in [2.05, 4.69) is 35.6 Å². The molecule has 2 N–H and O–H groups in total. The number of nitrogens with zero attached hydrogens (tertiary/aromatic N) is 6. The second kappa shape index (κ2) is 6.69. The maximum atomic E-state index is 13.2. The average molecular weight is 372 g/mol. The van der Waals surface area contributed by atoms with Crippen molar-refractivity contribution >= 4 is 5.91 Å². The van der Waals surface area contributed by atoms with E-state index in [1.807, 2.05) is 35.2 Å². The summed E-state index contributed by atoms with van der Waals surface area (Å²) in [5, 5.41) is 14.0. The first-order chi connectivity index (χ1) is 13.8. The normalized spacial score (nSPS) is 13.4. The molecule has 0 saturated heterocycles. The fourth-order valence-electron chi connectivity index (χ4n) is 3.42. The number of aromatic amines is 2. The minimum Gasteiger partial charge on any atom is -0.340 e. The second-order valence-electron chi connectivity index (χ2n) is 6.51. The van der Waals surface area contributed by atoms with Crippen LogP contribution in [0, 0.1) is 0 Å². The lowest BCUT2D eigenvalue weighted by atomic mass is 10.0. The third-order valence-corrected chi connectivity index (χ3v) is 4.80. The first-order valence-corrected chi connectivity index (χ1v) is 8.90. The zero-order chi connectivity index (χ0) is 18.9. The lowest BCUT2D eigenvalue weighted by molar-refractivity contribution is 0.0732. The van der Waals surface area contributed by atoms with Gasteiger partial charge in [0, 0.05) is 36.5 Å². The average Bonchev–Trinajstić information content (AvgIpc) is 3.43. The summed E-state index contributed by atoms with van der Waals surface area (Å²) in [5.74, 6) is 1.12. The van der Waals surface area contributed by atoms with Gasteiger partial charge in [-0.15, -0.1) is 10.2 Å². The Morgan fingerprint density at radius 1 is 1.14 bits per heavy atom. The number of carbonyl (C=O) groups excluding carboxylic acids is 1. The Kier molecular flexibility index (Phi) is 3.90. The van der Waals surface area contributed by atoms with Crippen LogP contribution in [0.1, 0.15) is 21.7 Å². The zero-order valence-corrected chi connectivity index (χ0v) is 14.8. The van der Waals surface area contributed by atoms with Crippen LogP contribution in [-0.4, -0.2) is 52.9 Å². The van der Waals surface area contributed by atoms with Crippen LogP contribution in [-0.2, 0) is 13.0 Å². The Morgan fingerprint density at radius 3 is 2.89 bits per heavy atom. The second-order valence-corrected chi connectivity index (χ2v) is 6.51. The van der Waals surface area contributed by atoms with Gasteiger partial charge in [0.25, 0.3) is 5.91 Å². The summed E-state index contributed by atoms with van der Waals surface area (Å²) < 4.78 is 0. The Bertz CT molecular complexity index is 1120. The Labute approximate surface area is 159 Å². The van der Waals surface area contributed by atoms with E-state index in [0.29, 0.717) is 36.5 Å². The number of imidazole rings is 1. The molecule has 0 spiro atoms. The highest BCUT2D eigenvalue weighted by Gasteiger charge is 2.27. The summed E-state index contributed by atoms with van der Waals surface area (Å²) in [6.07, 6.45) is 4.20. The minimum atomic E-state index is -0.0661. The number of nitrogens with one attached hydrogen (secondary N) is 2. The molecule has 1 aliphatic rings. The van der Waals surface area contributed by atoms with Crippen molar-refractivity contribution < 1.29 is 4.79 Å². The summed E-state index contributed by atoms with van der Waals surface area (Å²) in [6, 6.07) is 11.1. The monoisotopic (exact) mass is 372 g/mol. The van der Waals surface area contributed by atoms with E-state index in [9.17, 15) is 4.79 Å². The van der Waals surface area contributed by atoms with Crippen LogP contribution in [0.5, 0.6) is 0 Å². The first kappa shape index (κ1) is 16.3. The lowest BCUT2D eigenvalue weighted by Gasteiger charge is -2.26. The van der Waals surface area contributed by atoms with Gasteiger partial charge in [-0.3, -0.25) is 9.78 Å². The number of benzene rings is 1. The number of H-pyrrole nitrogens is 2. The van der Waals surface area contributed by atoms with Crippen LogP contribution in [0.2, 0.25) is 0 Å². The van der Waals surface area contributed by atoms with Gasteiger partial charge in [-0.1, -0.05) is 18.2 Å². The third kappa shape index (κ3) is 2.82. The van der Waals surface area contributed by atoms with E-state index in [1.165, 1.54) is 0 Å². The smallest absolute Gasteiger partial charge is 0.254 e. The zero-order valence-electron chi connectivity index (χ0n) is 14.8. The van der Waals surface area contributed by atoms with Crippen LogP contribution in [0.4, 0.5) is 0 Å². The summed E-state index contributed by atoms with van der Waals surface area (Å²) in [6.45, 7) is 1.08. The highest BCUT2D eigenvalue weighted by molar-refractivity contribution is 6.00. The molecule has 9 heteroatoms. The molecule has 0 atom stereocenters. The number of tetrazole rings is 1. The quantitative estimate of drug-likeness (QED) is 0.567. The van der Waals surface area contributed by atoms with Crippen molar-refractivity contribution in [2.75, 3.05) is 6.54 Å². The van der Waals surface area contributed by atoms with Gasteiger partial charge in [-0.05, 0) is 23.4 Å². The van der Waals surface area contributed by atoms with Crippen molar-refractivity contribution in [1.29, 1.82) is 0 Å². The molecule has 0 unspecified atom stereocenters. The van der Waals surface area contributed by atoms with Gasteiger partial charge in [0.1, 0.15) is 5.82 Å². The molecule has 1 amide bonds. The molecule has 3 aromatic heterocycles. The molecule has 1 aliphatic heterocycles. The van der Waals surface area contributed by atoms with Crippen molar-refractivity contribution in [2.45, 2.75) is 13.0 Å². The lowest BCUT2D eigenvalue weighted by Crippen LogP contribution is -2.36. The maximum absolute atomic E-state index is 13.2. The molecule has 1 aromatic carbocycles. The number of carbonyl (C=O) groups is 1. The number of pyridine rings is 1. The Hall–Kier alpha value is -3.88. The summed E-state index contributed by atoms with van der Waals surface area (Å²) in [7, 11) is 0. The fourth-order valence-corrected chi connectivity index (χ4v) is 3.42. The van der Waals surface area contributed by atoms with Gasteiger partial charge in [-0.2, -0.15) is 5.21 Å². The fraction of sp³-hybridized carbons (Fsp3) is 0.158. The van der Waals surface area contributed by atoms with E-state index in [4.69, 9.17) is 0 Å². The topological polar surface area (TPSA) is 116 Å². The van der Waals surface area contributed by atoms with Crippen LogP contribution < -0.4 is 0 Å². The van der Waals surface area contributed by atoms with E-state index < -0.39 is 0 Å². The van der Waals surface area contributed by atoms with Gasteiger partial charge in [0.15, 0.2) is 0 Å². The minimum absolute atomic E-state index is 0.0661. The predicted molar refractivity (Wildman–Crippen MR) is 99.9 cm³/mol. The Balaban J connectivity index is 1.43. The maximum Gasteiger partial charge on any atom is 0.254 e. The van der Waals surface area contributed by atoms with Crippen molar-refractivity contribution in [1.82, 2.24) is 40.5 Å². The number of hydrogen-bond acceptors (Lipinski definition) is 6. The van der Waals surface area contributed by atoms with Gasteiger partial charge in [0.2, 0.25) is 5.82 Å². The molecular formula is C19H16N8O. The van der Waals surface area contributed by atoms with Gasteiger partial charge in [0.05, 0.1) is 23.5 Å². The van der Waals surface area contributed by atoms with Crippen molar-refractivity contribution in [3.63, 3.8) is 0 Å². The van der Waals surface area contributed by atoms with E-state index >= 15 is 0 Å². The molecule has 0 bridgehead atoms. The van der Waals surface area contributed by atoms with E-state index in [0.717, 1.165) is 22.8 Å². The van der Waals surface area contributed by atoms with Gasteiger partial charge in [-0.25, -0.2) is 4.98 Å². The molecule has 138 valence electrons. The third-order valence-electron chi connectivity index (χ3n) is 4.80. The number of aromatic nitrogens is 7. The Morgan fingerprint density at radius 2 is 2.07 bits per heavy atom. The highest BCUT2D eigenvalue weighted by atomic mass is 16.2. The van der Waals surface area contributed by atoms with Crippen LogP contribution in [0.15, 0.2) is 48.8 Å². The largest absolute Gasteiger partial charge is 0.340 e. The molecule has 0 aliphatic carbocycles. The number of rotatable bonds is 3. The molecule has 4 heterocycles. The molecule has 9 nitrogen and oxygen atoms in total. The molecule has 0 saturated carbocycles. The van der Waals surface area contributed by atoms with Crippen LogP contribution in [0.25, 0.3) is 22.8 Å². The molecule has 0 fully saturated rings. The van der Waals surface area contributed by atoms with Crippen molar-refractivity contribution in [2.24, 2.45) is 0 Å². The van der Waals surface area contributed by atoms with Crippen LogP contribution in [0.3, 0.4) is 0 Å². The summed E-state index contributed by atoms with van der Waals surface area (Å²) in [4.78, 5) is 27.2. The molecular weight excluding hydrogens is 356 g/mol. The number of amides is 1. The van der Waals surface area contributed by atoms with E-state index in [1.54, 1.807) is 18.5 Å². The number of fused-ring (bicyclic) bond motifs is 1. The standard InChI is InChI=1S/C19H16N8O/c28-19(14-6-2-1-5-13(14)18-23-25-26-24-18)27-9-7-15-16(11-27)22-17(21-15)12-4-3-8-20-10-12/h1-6,8,10H,7,9,11H2,(H,21,22)(H,23,24,25,26). The molecule has 4 aromatic rings. The van der Waals surface area contributed by atoms with Crippen molar-refractivity contribution in [3.05, 3.63) is 65.7 Å². The van der Waals surface area contributed by atoms with Crippen molar-refractivity contribution in [3.8, 4) is 22.8 Å². The molecule has 28 heavy (non-hydrogen) atoms. The molecule has 5 rings (SSSR count). The van der Waals surface area contributed by atoms with E-state index in [-0.39, 0.29) is 5.91 Å². The molecule has 0 radical (unpaired) electrons.